The molecule has 5 nitrogen and oxygen atoms in total. The zero-order valence-electron chi connectivity index (χ0n) is 11.7. The molecular weight excluding hydrogens is 383 g/mol. The minimum absolute atomic E-state index is 0.0641. The van der Waals surface area contributed by atoms with Crippen molar-refractivity contribution in [3.63, 3.8) is 0 Å². The molecule has 0 radical (unpaired) electrons. The third-order valence-corrected chi connectivity index (χ3v) is 4.26. The summed E-state index contributed by atoms with van der Waals surface area (Å²) in [6, 6.07) is 3.89. The number of piperidine rings is 1. The fourth-order valence-corrected chi connectivity index (χ4v) is 2.88. The van der Waals surface area contributed by atoms with E-state index in [0.717, 1.165) is 0 Å². The number of alkyl halides is 3. The van der Waals surface area contributed by atoms with Gasteiger partial charge in [-0.3, -0.25) is 4.79 Å². The molecule has 0 atom stereocenters. The first-order chi connectivity index (χ1) is 10.5. The first kappa shape index (κ1) is 17.7. The van der Waals surface area contributed by atoms with Gasteiger partial charge >= 0.3 is 12.1 Å². The first-order valence-electron chi connectivity index (χ1n) is 6.66. The Bertz CT molecular complexity index is 639. The largest absolute Gasteiger partial charge is 0.478 e. The van der Waals surface area contributed by atoms with Crippen LogP contribution in [0.15, 0.2) is 22.7 Å². The van der Waals surface area contributed by atoms with Crippen molar-refractivity contribution < 1.29 is 33.0 Å². The highest BCUT2D eigenvalue weighted by molar-refractivity contribution is 9.10. The Kier molecular flexibility index (Phi) is 4.72. The van der Waals surface area contributed by atoms with E-state index in [-0.39, 0.29) is 24.2 Å². The van der Waals surface area contributed by atoms with Gasteiger partial charge in [0.25, 0.3) is 5.91 Å². The van der Waals surface area contributed by atoms with Crippen LogP contribution in [-0.2, 0) is 0 Å². The van der Waals surface area contributed by atoms with Crippen molar-refractivity contribution in [1.82, 2.24) is 4.90 Å². The van der Waals surface area contributed by atoms with Crippen LogP contribution in [0.25, 0.3) is 0 Å². The van der Waals surface area contributed by atoms with E-state index in [9.17, 15) is 27.9 Å². The van der Waals surface area contributed by atoms with E-state index in [0.29, 0.717) is 4.47 Å². The molecule has 1 aliphatic rings. The van der Waals surface area contributed by atoms with Crippen LogP contribution in [0.2, 0.25) is 0 Å². The molecule has 23 heavy (non-hydrogen) atoms. The predicted octanol–water partition coefficient (Wildman–Crippen LogP) is 2.68. The molecule has 1 saturated heterocycles. The van der Waals surface area contributed by atoms with Gasteiger partial charge in [0.2, 0.25) is 0 Å². The van der Waals surface area contributed by atoms with Crippen LogP contribution in [-0.4, -0.2) is 51.9 Å². The molecule has 2 N–H and O–H groups in total. The summed E-state index contributed by atoms with van der Waals surface area (Å²) in [4.78, 5) is 24.5. The maximum absolute atomic E-state index is 12.7. The lowest BCUT2D eigenvalue weighted by molar-refractivity contribution is -0.271. The zero-order valence-corrected chi connectivity index (χ0v) is 13.3. The maximum atomic E-state index is 12.7. The van der Waals surface area contributed by atoms with Gasteiger partial charge in [-0.05, 0) is 18.2 Å². The molecule has 0 saturated carbocycles. The number of likely N-dealkylation sites (tertiary alicyclic amines) is 1. The lowest BCUT2D eigenvalue weighted by Crippen LogP contribution is -2.54. The van der Waals surface area contributed by atoms with Crippen molar-refractivity contribution in [1.29, 1.82) is 0 Å². The van der Waals surface area contributed by atoms with Gasteiger partial charge < -0.3 is 15.1 Å². The number of carboxylic acid groups (broad SMARTS) is 1. The van der Waals surface area contributed by atoms with Crippen molar-refractivity contribution in [3.8, 4) is 0 Å². The highest BCUT2D eigenvalue weighted by atomic mass is 79.9. The Balaban J connectivity index is 2.16. The minimum atomic E-state index is -4.74. The van der Waals surface area contributed by atoms with E-state index < -0.39 is 36.5 Å². The number of hydrogen-bond acceptors (Lipinski definition) is 3. The van der Waals surface area contributed by atoms with E-state index in [2.05, 4.69) is 15.9 Å². The van der Waals surface area contributed by atoms with E-state index in [1.807, 2.05) is 0 Å². The Morgan fingerprint density at radius 3 is 2.13 bits per heavy atom. The van der Waals surface area contributed by atoms with Gasteiger partial charge in [0.15, 0.2) is 5.60 Å². The summed E-state index contributed by atoms with van der Waals surface area (Å²) in [5.74, 6) is -1.79. The first-order valence-corrected chi connectivity index (χ1v) is 7.45. The number of carboxylic acids is 1. The summed E-state index contributed by atoms with van der Waals surface area (Å²) < 4.78 is 38.6. The number of carbonyl (C=O) groups is 2. The molecule has 0 aromatic heterocycles. The smallest absolute Gasteiger partial charge is 0.417 e. The van der Waals surface area contributed by atoms with E-state index >= 15 is 0 Å². The summed E-state index contributed by atoms with van der Waals surface area (Å²) in [7, 11) is 0. The number of aliphatic hydroxyl groups is 1. The van der Waals surface area contributed by atoms with E-state index in [4.69, 9.17) is 5.11 Å². The highest BCUT2D eigenvalue weighted by Crippen LogP contribution is 2.38. The Morgan fingerprint density at radius 2 is 1.65 bits per heavy atom. The van der Waals surface area contributed by atoms with Crippen LogP contribution >= 0.6 is 15.9 Å². The van der Waals surface area contributed by atoms with Gasteiger partial charge in [-0.1, -0.05) is 15.9 Å². The molecule has 1 fully saturated rings. The Labute approximate surface area is 137 Å². The van der Waals surface area contributed by atoms with Crippen LogP contribution in [0, 0.1) is 0 Å². The average Bonchev–Trinajstić information content (AvgIpc) is 2.45. The molecular formula is C14H13BrF3NO4. The fourth-order valence-electron chi connectivity index (χ4n) is 2.38. The van der Waals surface area contributed by atoms with Crippen molar-refractivity contribution >= 4 is 27.8 Å². The second kappa shape index (κ2) is 6.12. The molecule has 1 heterocycles. The quantitative estimate of drug-likeness (QED) is 0.806. The van der Waals surface area contributed by atoms with Crippen LogP contribution in [0.4, 0.5) is 13.2 Å². The lowest BCUT2D eigenvalue weighted by Gasteiger charge is -2.39. The molecule has 126 valence electrons. The van der Waals surface area contributed by atoms with Crippen LogP contribution in [0.1, 0.15) is 33.6 Å². The molecule has 0 spiro atoms. The standard InChI is InChI=1S/C14H13BrF3NO4/c15-10-6-8(5-9(7-10)12(21)22)11(20)19-3-1-13(23,2-4-19)14(16,17)18/h5-7,23H,1-4H2,(H,21,22). The average molecular weight is 396 g/mol. The summed E-state index contributed by atoms with van der Waals surface area (Å²) in [5.41, 5.74) is -2.83. The summed E-state index contributed by atoms with van der Waals surface area (Å²) in [6.45, 7) is -0.520. The van der Waals surface area contributed by atoms with Crippen LogP contribution in [0.3, 0.4) is 0 Å². The molecule has 1 amide bonds. The van der Waals surface area contributed by atoms with Gasteiger partial charge in [0, 0.05) is 36.0 Å². The Hall–Kier alpha value is -1.61. The molecule has 1 aliphatic heterocycles. The predicted molar refractivity (Wildman–Crippen MR) is 77.2 cm³/mol. The van der Waals surface area contributed by atoms with Gasteiger partial charge in [-0.2, -0.15) is 13.2 Å². The molecule has 0 aliphatic carbocycles. The second-order valence-corrected chi connectivity index (χ2v) is 6.27. The van der Waals surface area contributed by atoms with Crippen molar-refractivity contribution in [2.45, 2.75) is 24.6 Å². The number of rotatable bonds is 2. The maximum Gasteiger partial charge on any atom is 0.417 e. The SMILES string of the molecule is O=C(O)c1cc(Br)cc(C(=O)N2CCC(O)(C(F)(F)F)CC2)c1. The number of amides is 1. The number of aromatic carboxylic acids is 1. The van der Waals surface area contributed by atoms with E-state index in [1.54, 1.807) is 0 Å². The second-order valence-electron chi connectivity index (χ2n) is 5.36. The van der Waals surface area contributed by atoms with Crippen molar-refractivity contribution in [2.24, 2.45) is 0 Å². The molecule has 0 unspecified atom stereocenters. The van der Waals surface area contributed by atoms with Crippen molar-refractivity contribution in [2.75, 3.05) is 13.1 Å². The molecule has 2 rings (SSSR count). The topological polar surface area (TPSA) is 77.8 Å². The third-order valence-electron chi connectivity index (χ3n) is 3.80. The highest BCUT2D eigenvalue weighted by Gasteiger charge is 2.54. The van der Waals surface area contributed by atoms with Crippen LogP contribution < -0.4 is 0 Å². The molecule has 1 aromatic rings. The van der Waals surface area contributed by atoms with Crippen LogP contribution in [0.5, 0.6) is 0 Å². The van der Waals surface area contributed by atoms with Gasteiger partial charge in [-0.15, -0.1) is 0 Å². The summed E-state index contributed by atoms with van der Waals surface area (Å²) in [6.07, 6.45) is -5.96. The number of nitrogens with zero attached hydrogens (tertiary/aromatic N) is 1. The number of halogens is 4. The Morgan fingerprint density at radius 1 is 1.13 bits per heavy atom. The van der Waals surface area contributed by atoms with Gasteiger partial charge in [0.05, 0.1) is 5.56 Å². The van der Waals surface area contributed by atoms with Gasteiger partial charge in [-0.25, -0.2) is 4.79 Å². The molecule has 0 bridgehead atoms. The minimum Gasteiger partial charge on any atom is -0.478 e. The van der Waals surface area contributed by atoms with E-state index in [1.165, 1.54) is 23.1 Å². The molecule has 1 aromatic carbocycles. The fraction of sp³-hybridized carbons (Fsp3) is 0.429. The normalized spacial score (nSPS) is 17.9. The summed E-state index contributed by atoms with van der Waals surface area (Å²) in [5, 5.41) is 18.6. The number of carbonyl (C=O) groups excluding carboxylic acids is 1. The summed E-state index contributed by atoms with van der Waals surface area (Å²) >= 11 is 3.09. The monoisotopic (exact) mass is 395 g/mol. The van der Waals surface area contributed by atoms with Crippen molar-refractivity contribution in [3.05, 3.63) is 33.8 Å². The number of benzene rings is 1. The zero-order chi connectivity index (χ0) is 17.4. The van der Waals surface area contributed by atoms with Gasteiger partial charge in [0.1, 0.15) is 0 Å². The number of hydrogen-bond donors (Lipinski definition) is 2. The third kappa shape index (κ3) is 3.66. The lowest BCUT2D eigenvalue weighted by atomic mass is 9.90. The molecule has 9 heteroatoms.